The number of nitrogens with one attached hydrogen (secondary N) is 1. The number of hydrogen-bond donors (Lipinski definition) is 2. The van der Waals surface area contributed by atoms with Crippen molar-refractivity contribution in [3.05, 3.63) is 12.7 Å². The van der Waals surface area contributed by atoms with Crippen molar-refractivity contribution in [2.75, 3.05) is 18.8 Å². The van der Waals surface area contributed by atoms with Crippen molar-refractivity contribution in [3.8, 4) is 0 Å². The van der Waals surface area contributed by atoms with E-state index in [0.717, 1.165) is 0 Å². The second-order valence-corrected chi connectivity index (χ2v) is 3.80. The fraction of sp³-hybridized carbons (Fsp3) is 0.500. The molecule has 88 valence electrons. The molecule has 3 N–H and O–H groups in total. The van der Waals surface area contributed by atoms with Gasteiger partial charge in [0, 0.05) is 13.1 Å². The van der Waals surface area contributed by atoms with Gasteiger partial charge in [-0.15, -0.1) is 11.7 Å². The maximum Gasteiger partial charge on any atom is 0.230 e. The first kappa shape index (κ1) is 12.7. The Morgan fingerprint density at radius 1 is 1.69 bits per heavy atom. The summed E-state index contributed by atoms with van der Waals surface area (Å²) in [6, 6.07) is 0. The quantitative estimate of drug-likeness (QED) is 0.471. The molecule has 1 heterocycles. The number of nitrogens with two attached hydrogens (primary N) is 1. The predicted molar refractivity (Wildman–Crippen MR) is 60.8 cm³/mol. The third-order valence-corrected chi connectivity index (χ3v) is 2.57. The van der Waals surface area contributed by atoms with Crippen LogP contribution in [0.4, 0.5) is 0 Å². The average Bonchev–Trinajstić information content (AvgIpc) is 2.72. The van der Waals surface area contributed by atoms with Gasteiger partial charge in [0.25, 0.3) is 0 Å². The van der Waals surface area contributed by atoms with E-state index in [-0.39, 0.29) is 11.7 Å². The van der Waals surface area contributed by atoms with Crippen LogP contribution in [0.3, 0.4) is 0 Å². The monoisotopic (exact) mass is 242 g/mol. The number of hydrogen-bond acceptors (Lipinski definition) is 6. The zero-order valence-electron chi connectivity index (χ0n) is 8.80. The van der Waals surface area contributed by atoms with Gasteiger partial charge in [0.05, 0.1) is 12.3 Å². The number of carbonyl (C=O) groups excluding carboxylic acids is 1. The van der Waals surface area contributed by atoms with Crippen LogP contribution >= 0.6 is 11.8 Å². The average molecular weight is 242 g/mol. The van der Waals surface area contributed by atoms with E-state index in [0.29, 0.717) is 24.8 Å². The Kier molecular flexibility index (Phi) is 5.51. The van der Waals surface area contributed by atoms with Gasteiger partial charge >= 0.3 is 0 Å². The van der Waals surface area contributed by atoms with E-state index in [1.165, 1.54) is 11.8 Å². The van der Waals surface area contributed by atoms with Crippen LogP contribution < -0.4 is 11.1 Å². The number of nitrogens with zero attached hydrogens (tertiary/aromatic N) is 4. The zero-order chi connectivity index (χ0) is 11.8. The summed E-state index contributed by atoms with van der Waals surface area (Å²) < 4.78 is 1.57. The number of rotatable bonds is 7. The van der Waals surface area contributed by atoms with Crippen LogP contribution in [0.15, 0.2) is 17.8 Å². The molecule has 1 amide bonds. The minimum atomic E-state index is -0.0767. The fourth-order valence-electron chi connectivity index (χ4n) is 0.930. The van der Waals surface area contributed by atoms with Crippen LogP contribution in [-0.4, -0.2) is 45.0 Å². The van der Waals surface area contributed by atoms with E-state index in [1.54, 1.807) is 10.8 Å². The highest BCUT2D eigenvalue weighted by atomic mass is 32.2. The summed E-state index contributed by atoms with van der Waals surface area (Å²) >= 11 is 1.28. The van der Waals surface area contributed by atoms with Crippen LogP contribution in [0, 0.1) is 0 Å². The van der Waals surface area contributed by atoms with Gasteiger partial charge in [-0.1, -0.05) is 17.8 Å². The summed E-state index contributed by atoms with van der Waals surface area (Å²) in [5.41, 5.74) is 5.39. The number of tetrazole rings is 1. The summed E-state index contributed by atoms with van der Waals surface area (Å²) in [7, 11) is 0. The normalized spacial score (nSPS) is 10.1. The zero-order valence-corrected chi connectivity index (χ0v) is 9.61. The van der Waals surface area contributed by atoms with Crippen molar-refractivity contribution in [2.24, 2.45) is 5.73 Å². The van der Waals surface area contributed by atoms with Crippen molar-refractivity contribution in [2.45, 2.75) is 11.7 Å². The van der Waals surface area contributed by atoms with Gasteiger partial charge in [-0.2, -0.15) is 0 Å². The van der Waals surface area contributed by atoms with Crippen molar-refractivity contribution in [3.63, 3.8) is 0 Å². The van der Waals surface area contributed by atoms with Gasteiger partial charge in [-0.3, -0.25) is 4.79 Å². The Hall–Kier alpha value is -1.41. The lowest BCUT2D eigenvalue weighted by Crippen LogP contribution is -2.25. The van der Waals surface area contributed by atoms with Crippen LogP contribution in [0.25, 0.3) is 0 Å². The van der Waals surface area contributed by atoms with Crippen molar-refractivity contribution >= 4 is 17.7 Å². The SMILES string of the molecule is C=CCNC(=O)CSc1nnnn1CCN. The molecule has 1 aromatic heterocycles. The lowest BCUT2D eigenvalue weighted by Gasteiger charge is -2.02. The first-order chi connectivity index (χ1) is 7.77. The molecule has 7 nitrogen and oxygen atoms in total. The smallest absolute Gasteiger partial charge is 0.230 e. The molecule has 0 unspecified atom stereocenters. The molecule has 8 heteroatoms. The van der Waals surface area contributed by atoms with Crippen molar-refractivity contribution < 1.29 is 4.79 Å². The van der Waals surface area contributed by atoms with Gasteiger partial charge in [0.15, 0.2) is 0 Å². The number of carbonyl (C=O) groups is 1. The molecule has 0 bridgehead atoms. The number of amides is 1. The second-order valence-electron chi connectivity index (χ2n) is 2.85. The molecule has 1 aromatic rings. The van der Waals surface area contributed by atoms with E-state index >= 15 is 0 Å². The lowest BCUT2D eigenvalue weighted by molar-refractivity contribution is -0.118. The standard InChI is InChI=1S/C8H14N6OS/c1-2-4-10-7(15)6-16-8-11-12-13-14(8)5-3-9/h2H,1,3-6,9H2,(H,10,15). The van der Waals surface area contributed by atoms with Crippen molar-refractivity contribution in [1.82, 2.24) is 25.5 Å². The van der Waals surface area contributed by atoms with E-state index in [2.05, 4.69) is 27.4 Å². The molecule has 0 radical (unpaired) electrons. The molecule has 0 atom stereocenters. The van der Waals surface area contributed by atoms with Crippen LogP contribution in [0.1, 0.15) is 0 Å². The van der Waals surface area contributed by atoms with Crippen LogP contribution in [-0.2, 0) is 11.3 Å². The predicted octanol–water partition coefficient (Wildman–Crippen LogP) is -0.974. The van der Waals surface area contributed by atoms with E-state index in [9.17, 15) is 4.79 Å². The van der Waals surface area contributed by atoms with Gasteiger partial charge in [0.1, 0.15) is 0 Å². The van der Waals surface area contributed by atoms with E-state index in [4.69, 9.17) is 5.73 Å². The molecule has 1 rings (SSSR count). The molecule has 0 fully saturated rings. The molecular weight excluding hydrogens is 228 g/mol. The Balaban J connectivity index is 2.38. The highest BCUT2D eigenvalue weighted by Gasteiger charge is 2.08. The molecule has 0 saturated carbocycles. The minimum absolute atomic E-state index is 0.0767. The molecule has 0 aliphatic rings. The summed E-state index contributed by atoms with van der Waals surface area (Å²) in [6.07, 6.45) is 1.63. The van der Waals surface area contributed by atoms with Crippen LogP contribution in [0.5, 0.6) is 0 Å². The first-order valence-corrected chi connectivity index (χ1v) is 5.73. The lowest BCUT2D eigenvalue weighted by atomic mass is 10.6. The topological polar surface area (TPSA) is 98.7 Å². The summed E-state index contributed by atoms with van der Waals surface area (Å²) in [6.45, 7) is 4.98. The molecule has 16 heavy (non-hydrogen) atoms. The Morgan fingerprint density at radius 2 is 2.50 bits per heavy atom. The van der Waals surface area contributed by atoms with Gasteiger partial charge in [-0.05, 0) is 10.4 Å². The number of aromatic nitrogens is 4. The maximum atomic E-state index is 11.3. The molecule has 0 saturated heterocycles. The van der Waals surface area contributed by atoms with Crippen molar-refractivity contribution in [1.29, 1.82) is 0 Å². The highest BCUT2D eigenvalue weighted by molar-refractivity contribution is 7.99. The molecule has 0 aromatic carbocycles. The summed E-state index contributed by atoms with van der Waals surface area (Å²) in [4.78, 5) is 11.3. The molecule has 0 aliphatic heterocycles. The fourth-order valence-corrected chi connectivity index (χ4v) is 1.66. The first-order valence-electron chi connectivity index (χ1n) is 4.74. The molecule has 0 spiro atoms. The third kappa shape index (κ3) is 3.99. The Labute approximate surface area is 97.5 Å². The Morgan fingerprint density at radius 3 is 3.19 bits per heavy atom. The molecule has 0 aliphatic carbocycles. The summed E-state index contributed by atoms with van der Waals surface area (Å²) in [5.74, 6) is 0.200. The van der Waals surface area contributed by atoms with E-state index in [1.807, 2.05) is 0 Å². The molecular formula is C8H14N6OS. The van der Waals surface area contributed by atoms with Crippen LogP contribution in [0.2, 0.25) is 0 Å². The highest BCUT2D eigenvalue weighted by Crippen LogP contribution is 2.12. The largest absolute Gasteiger partial charge is 0.352 e. The summed E-state index contributed by atoms with van der Waals surface area (Å²) in [5, 5.41) is 14.3. The van der Waals surface area contributed by atoms with Gasteiger partial charge in [0.2, 0.25) is 11.1 Å². The Bertz CT molecular complexity index is 352. The second kappa shape index (κ2) is 6.96. The minimum Gasteiger partial charge on any atom is -0.352 e. The van der Waals surface area contributed by atoms with Gasteiger partial charge in [-0.25, -0.2) is 4.68 Å². The maximum absolute atomic E-state index is 11.3. The number of thioether (sulfide) groups is 1. The third-order valence-electron chi connectivity index (χ3n) is 1.62. The van der Waals surface area contributed by atoms with E-state index < -0.39 is 0 Å². The van der Waals surface area contributed by atoms with Gasteiger partial charge < -0.3 is 11.1 Å².